The molecule has 1 aromatic rings. The Balaban J connectivity index is 1.95. The van der Waals surface area contributed by atoms with E-state index in [-0.39, 0.29) is 11.7 Å². The normalized spacial score (nSPS) is 17.0. The summed E-state index contributed by atoms with van der Waals surface area (Å²) in [6.07, 6.45) is 0. The lowest BCUT2D eigenvalue weighted by atomic mass is 9.95. The Bertz CT molecular complexity index is 623. The van der Waals surface area contributed by atoms with Crippen LogP contribution < -0.4 is 10.6 Å². The highest BCUT2D eigenvalue weighted by atomic mass is 32.2. The topological polar surface area (TPSA) is 78.5 Å². The van der Waals surface area contributed by atoms with E-state index in [9.17, 15) is 13.2 Å². The van der Waals surface area contributed by atoms with Crippen LogP contribution in [0.5, 0.6) is 0 Å². The van der Waals surface area contributed by atoms with E-state index in [1.165, 1.54) is 4.31 Å². The molecule has 1 aliphatic heterocycles. The summed E-state index contributed by atoms with van der Waals surface area (Å²) in [6, 6.07) is 9.56. The number of hydrogen-bond donors (Lipinski definition) is 2. The van der Waals surface area contributed by atoms with Crippen molar-refractivity contribution in [2.45, 2.75) is 20.4 Å². The maximum atomic E-state index is 12.5. The molecule has 23 heavy (non-hydrogen) atoms. The SMILES string of the molecule is CC(C)(CS(=O)(=O)N1CCNCC1)C(=O)NCc1ccccc1. The average molecular weight is 339 g/mol. The number of nitrogens with one attached hydrogen (secondary N) is 2. The van der Waals surface area contributed by atoms with Gasteiger partial charge in [-0.05, 0) is 19.4 Å². The van der Waals surface area contributed by atoms with E-state index in [0.29, 0.717) is 32.7 Å². The number of sulfonamides is 1. The molecule has 0 atom stereocenters. The van der Waals surface area contributed by atoms with Crippen molar-refractivity contribution in [3.05, 3.63) is 35.9 Å². The fraction of sp³-hybridized carbons (Fsp3) is 0.562. The number of piperazine rings is 1. The maximum Gasteiger partial charge on any atom is 0.227 e. The van der Waals surface area contributed by atoms with Crippen molar-refractivity contribution in [1.82, 2.24) is 14.9 Å². The summed E-state index contributed by atoms with van der Waals surface area (Å²) in [5.74, 6) is -0.430. The first-order valence-electron chi connectivity index (χ1n) is 7.82. The lowest BCUT2D eigenvalue weighted by Crippen LogP contribution is -2.50. The molecule has 1 heterocycles. The molecule has 1 fully saturated rings. The molecule has 128 valence electrons. The van der Waals surface area contributed by atoms with E-state index < -0.39 is 15.4 Å². The van der Waals surface area contributed by atoms with Gasteiger partial charge in [-0.3, -0.25) is 4.79 Å². The quantitative estimate of drug-likeness (QED) is 0.794. The van der Waals surface area contributed by atoms with Gasteiger partial charge in [0, 0.05) is 32.7 Å². The Labute approximate surface area is 138 Å². The standard InChI is InChI=1S/C16H25N3O3S/c1-16(2,13-23(21,22)19-10-8-17-9-11-19)15(20)18-12-14-6-4-3-5-7-14/h3-7,17H,8-13H2,1-2H3,(H,18,20). The van der Waals surface area contributed by atoms with Gasteiger partial charge < -0.3 is 10.6 Å². The highest BCUT2D eigenvalue weighted by molar-refractivity contribution is 7.89. The van der Waals surface area contributed by atoms with Gasteiger partial charge in [0.1, 0.15) is 0 Å². The second-order valence-corrected chi connectivity index (χ2v) is 8.43. The van der Waals surface area contributed by atoms with E-state index in [4.69, 9.17) is 0 Å². The van der Waals surface area contributed by atoms with E-state index in [1.54, 1.807) is 13.8 Å². The predicted molar refractivity (Wildman–Crippen MR) is 90.3 cm³/mol. The number of amides is 1. The number of rotatable bonds is 6. The van der Waals surface area contributed by atoms with Crippen LogP contribution in [0.15, 0.2) is 30.3 Å². The smallest absolute Gasteiger partial charge is 0.227 e. The molecule has 1 aromatic carbocycles. The second-order valence-electron chi connectivity index (χ2n) is 6.46. The van der Waals surface area contributed by atoms with E-state index in [2.05, 4.69) is 10.6 Å². The Kier molecular flexibility index (Phi) is 5.78. The molecule has 2 rings (SSSR count). The van der Waals surface area contributed by atoms with Gasteiger partial charge in [0.15, 0.2) is 0 Å². The lowest BCUT2D eigenvalue weighted by molar-refractivity contribution is -0.128. The second kappa shape index (κ2) is 7.42. The van der Waals surface area contributed by atoms with Gasteiger partial charge in [0.25, 0.3) is 0 Å². The van der Waals surface area contributed by atoms with Gasteiger partial charge in [-0.15, -0.1) is 0 Å². The van der Waals surface area contributed by atoms with Crippen LogP contribution in [0, 0.1) is 5.41 Å². The maximum absolute atomic E-state index is 12.5. The number of hydrogen-bond acceptors (Lipinski definition) is 4. The molecule has 0 bridgehead atoms. The molecule has 2 N–H and O–H groups in total. The van der Waals surface area contributed by atoms with Crippen molar-refractivity contribution in [1.29, 1.82) is 0 Å². The van der Waals surface area contributed by atoms with Crippen molar-refractivity contribution in [3.63, 3.8) is 0 Å². The van der Waals surface area contributed by atoms with Gasteiger partial charge in [0.05, 0.1) is 11.2 Å². The van der Waals surface area contributed by atoms with Crippen LogP contribution in [0.3, 0.4) is 0 Å². The molecule has 1 amide bonds. The molecule has 0 radical (unpaired) electrons. The predicted octanol–water partition coefficient (Wildman–Crippen LogP) is 0.564. The van der Waals surface area contributed by atoms with Gasteiger partial charge in [-0.1, -0.05) is 30.3 Å². The van der Waals surface area contributed by atoms with Crippen molar-refractivity contribution >= 4 is 15.9 Å². The zero-order valence-electron chi connectivity index (χ0n) is 13.7. The Morgan fingerprint density at radius 2 is 1.83 bits per heavy atom. The van der Waals surface area contributed by atoms with Crippen LogP contribution in [0.25, 0.3) is 0 Å². The lowest BCUT2D eigenvalue weighted by Gasteiger charge is -2.30. The zero-order chi connectivity index (χ0) is 16.9. The highest BCUT2D eigenvalue weighted by Crippen LogP contribution is 2.21. The molecule has 7 heteroatoms. The number of benzene rings is 1. The minimum Gasteiger partial charge on any atom is -0.352 e. The van der Waals surface area contributed by atoms with Crippen LogP contribution >= 0.6 is 0 Å². The van der Waals surface area contributed by atoms with E-state index in [0.717, 1.165) is 5.56 Å². The van der Waals surface area contributed by atoms with Crippen LogP contribution in [-0.2, 0) is 21.4 Å². The molecular formula is C16H25N3O3S. The number of carbonyl (C=O) groups excluding carboxylic acids is 1. The minimum atomic E-state index is -3.44. The summed E-state index contributed by atoms with van der Waals surface area (Å²) < 4.78 is 26.5. The molecule has 0 aromatic heterocycles. The first-order chi connectivity index (χ1) is 10.8. The largest absolute Gasteiger partial charge is 0.352 e. The van der Waals surface area contributed by atoms with Crippen molar-refractivity contribution in [2.24, 2.45) is 5.41 Å². The number of nitrogens with zero attached hydrogens (tertiary/aromatic N) is 1. The molecule has 0 spiro atoms. The zero-order valence-corrected chi connectivity index (χ0v) is 14.5. The Morgan fingerprint density at radius 3 is 2.43 bits per heavy atom. The first kappa shape index (κ1) is 17.9. The Hall–Kier alpha value is -1.44. The third kappa shape index (κ3) is 5.02. The summed E-state index contributed by atoms with van der Waals surface area (Å²) in [7, 11) is -3.44. The first-order valence-corrected chi connectivity index (χ1v) is 9.43. The van der Waals surface area contributed by atoms with Gasteiger partial charge in [-0.2, -0.15) is 4.31 Å². The average Bonchev–Trinajstić information content (AvgIpc) is 2.53. The molecular weight excluding hydrogens is 314 g/mol. The monoisotopic (exact) mass is 339 g/mol. The summed E-state index contributed by atoms with van der Waals surface area (Å²) in [6.45, 7) is 5.98. The molecule has 1 saturated heterocycles. The van der Waals surface area contributed by atoms with E-state index >= 15 is 0 Å². The summed E-state index contributed by atoms with van der Waals surface area (Å²) in [5.41, 5.74) is 0.0139. The third-order valence-electron chi connectivity index (χ3n) is 3.92. The number of carbonyl (C=O) groups is 1. The molecule has 1 aliphatic rings. The van der Waals surface area contributed by atoms with Gasteiger partial charge in [0.2, 0.25) is 15.9 Å². The fourth-order valence-electron chi connectivity index (χ4n) is 2.55. The summed E-state index contributed by atoms with van der Waals surface area (Å²) in [4.78, 5) is 12.4. The Morgan fingerprint density at radius 1 is 1.22 bits per heavy atom. The van der Waals surface area contributed by atoms with Crippen molar-refractivity contribution in [3.8, 4) is 0 Å². The summed E-state index contributed by atoms with van der Waals surface area (Å²) >= 11 is 0. The van der Waals surface area contributed by atoms with Crippen LogP contribution in [0.2, 0.25) is 0 Å². The fourth-order valence-corrected chi connectivity index (χ4v) is 4.52. The molecule has 6 nitrogen and oxygen atoms in total. The van der Waals surface area contributed by atoms with Gasteiger partial charge in [-0.25, -0.2) is 8.42 Å². The molecule has 0 unspecified atom stereocenters. The van der Waals surface area contributed by atoms with Crippen LogP contribution in [0.1, 0.15) is 19.4 Å². The van der Waals surface area contributed by atoms with Crippen molar-refractivity contribution < 1.29 is 13.2 Å². The van der Waals surface area contributed by atoms with E-state index in [1.807, 2.05) is 30.3 Å². The minimum absolute atomic E-state index is 0.180. The van der Waals surface area contributed by atoms with Gasteiger partial charge >= 0.3 is 0 Å². The molecule has 0 aliphatic carbocycles. The third-order valence-corrected chi connectivity index (χ3v) is 6.16. The highest BCUT2D eigenvalue weighted by Gasteiger charge is 2.36. The van der Waals surface area contributed by atoms with Crippen LogP contribution in [0.4, 0.5) is 0 Å². The molecule has 0 saturated carbocycles. The van der Waals surface area contributed by atoms with Crippen molar-refractivity contribution in [2.75, 3.05) is 31.9 Å². The summed E-state index contributed by atoms with van der Waals surface area (Å²) in [5, 5.41) is 5.96. The van der Waals surface area contributed by atoms with Crippen LogP contribution in [-0.4, -0.2) is 50.6 Å².